The average molecular weight is 377 g/mol. The monoisotopic (exact) mass is 377 g/mol. The number of aromatic nitrogens is 1. The standard InChI is InChI=1S/C21H19N3O2S/c27-21(23-17-6-2-1-3-7-17)24(14-18-8-4-5-11-22-18)13-16-9-10-19-20(12-16)26-15-25-19/h1-12H,13-15H2,(H,23,27). The van der Waals surface area contributed by atoms with E-state index in [1.807, 2.05) is 66.7 Å². The molecule has 27 heavy (non-hydrogen) atoms. The molecule has 0 bridgehead atoms. The number of fused-ring (bicyclic) bond motifs is 1. The minimum Gasteiger partial charge on any atom is -0.454 e. The topological polar surface area (TPSA) is 46.6 Å². The molecule has 0 amide bonds. The Hall–Kier alpha value is -3.12. The molecule has 0 saturated carbocycles. The molecular weight excluding hydrogens is 358 g/mol. The predicted octanol–water partition coefficient (Wildman–Crippen LogP) is 4.21. The first-order chi connectivity index (χ1) is 13.3. The van der Waals surface area contributed by atoms with Crippen LogP contribution in [0.3, 0.4) is 0 Å². The predicted molar refractivity (Wildman–Crippen MR) is 109 cm³/mol. The van der Waals surface area contributed by atoms with Crippen molar-refractivity contribution in [3.63, 3.8) is 0 Å². The lowest BCUT2D eigenvalue weighted by Gasteiger charge is -2.26. The van der Waals surface area contributed by atoms with Gasteiger partial charge in [-0.05, 0) is 54.2 Å². The van der Waals surface area contributed by atoms with E-state index in [9.17, 15) is 0 Å². The second kappa shape index (κ2) is 8.05. The zero-order valence-corrected chi connectivity index (χ0v) is 15.5. The molecule has 0 aliphatic carbocycles. The van der Waals surface area contributed by atoms with Gasteiger partial charge in [-0.1, -0.05) is 30.3 Å². The van der Waals surface area contributed by atoms with Gasteiger partial charge in [-0.15, -0.1) is 0 Å². The van der Waals surface area contributed by atoms with Gasteiger partial charge >= 0.3 is 0 Å². The molecule has 2 aromatic carbocycles. The number of nitrogens with one attached hydrogen (secondary N) is 1. The maximum atomic E-state index is 5.69. The van der Waals surface area contributed by atoms with Crippen LogP contribution in [-0.4, -0.2) is 21.8 Å². The SMILES string of the molecule is S=C(Nc1ccccc1)N(Cc1ccc2c(c1)OCO2)Cc1ccccn1. The zero-order chi connectivity index (χ0) is 18.5. The third-order valence-corrected chi connectivity index (χ3v) is 4.56. The van der Waals surface area contributed by atoms with Crippen LogP contribution in [0.4, 0.5) is 5.69 Å². The van der Waals surface area contributed by atoms with Gasteiger partial charge in [-0.25, -0.2) is 0 Å². The van der Waals surface area contributed by atoms with E-state index in [2.05, 4.69) is 15.2 Å². The number of rotatable bonds is 5. The Labute approximate surface area is 163 Å². The van der Waals surface area contributed by atoms with Gasteiger partial charge in [0.2, 0.25) is 6.79 Å². The number of ether oxygens (including phenoxy) is 2. The minimum atomic E-state index is 0.268. The van der Waals surface area contributed by atoms with Crippen LogP contribution in [0.2, 0.25) is 0 Å². The second-order valence-electron chi connectivity index (χ2n) is 6.16. The Kier molecular flexibility index (Phi) is 5.16. The molecule has 1 N–H and O–H groups in total. The Morgan fingerprint density at radius 3 is 2.59 bits per heavy atom. The van der Waals surface area contributed by atoms with Gasteiger partial charge in [0.15, 0.2) is 16.6 Å². The minimum absolute atomic E-state index is 0.268. The molecule has 0 atom stereocenters. The third kappa shape index (κ3) is 4.35. The summed E-state index contributed by atoms with van der Waals surface area (Å²) in [4.78, 5) is 6.52. The van der Waals surface area contributed by atoms with Crippen LogP contribution in [0, 0.1) is 0 Å². The van der Waals surface area contributed by atoms with Crippen molar-refractivity contribution in [2.24, 2.45) is 0 Å². The maximum Gasteiger partial charge on any atom is 0.231 e. The van der Waals surface area contributed by atoms with Crippen LogP contribution in [0.1, 0.15) is 11.3 Å². The third-order valence-electron chi connectivity index (χ3n) is 4.20. The van der Waals surface area contributed by atoms with Crippen LogP contribution < -0.4 is 14.8 Å². The van der Waals surface area contributed by atoms with E-state index in [0.29, 0.717) is 18.2 Å². The number of thiocarbonyl (C=S) groups is 1. The molecule has 0 saturated heterocycles. The summed E-state index contributed by atoms with van der Waals surface area (Å²) in [5.41, 5.74) is 3.00. The zero-order valence-electron chi connectivity index (χ0n) is 14.7. The second-order valence-corrected chi connectivity index (χ2v) is 6.55. The van der Waals surface area contributed by atoms with Gasteiger partial charge in [0.25, 0.3) is 0 Å². The van der Waals surface area contributed by atoms with Crippen molar-refractivity contribution in [3.05, 3.63) is 84.2 Å². The summed E-state index contributed by atoms with van der Waals surface area (Å²) in [6.07, 6.45) is 1.79. The molecular formula is C21H19N3O2S. The van der Waals surface area contributed by atoms with Crippen LogP contribution in [0.5, 0.6) is 11.5 Å². The molecule has 6 heteroatoms. The van der Waals surface area contributed by atoms with E-state index in [4.69, 9.17) is 21.7 Å². The Balaban J connectivity index is 1.54. The smallest absolute Gasteiger partial charge is 0.231 e. The molecule has 0 fully saturated rings. The number of para-hydroxylation sites is 1. The quantitative estimate of drug-likeness (QED) is 0.672. The van der Waals surface area contributed by atoms with E-state index >= 15 is 0 Å². The number of anilines is 1. The number of benzene rings is 2. The highest BCUT2D eigenvalue weighted by Gasteiger charge is 2.17. The fourth-order valence-corrected chi connectivity index (χ4v) is 3.12. The molecule has 2 heterocycles. The summed E-state index contributed by atoms with van der Waals surface area (Å²) in [7, 11) is 0. The molecule has 1 aromatic heterocycles. The molecule has 1 aliphatic heterocycles. The summed E-state index contributed by atoms with van der Waals surface area (Å²) in [5.74, 6) is 1.55. The molecule has 4 rings (SSSR count). The molecule has 1 aliphatic rings. The van der Waals surface area contributed by atoms with Crippen molar-refractivity contribution in [2.75, 3.05) is 12.1 Å². The summed E-state index contributed by atoms with van der Waals surface area (Å²) in [5, 5.41) is 3.95. The summed E-state index contributed by atoms with van der Waals surface area (Å²) < 4.78 is 10.9. The van der Waals surface area contributed by atoms with Crippen molar-refractivity contribution >= 4 is 23.0 Å². The number of pyridine rings is 1. The lowest BCUT2D eigenvalue weighted by Crippen LogP contribution is -2.34. The molecule has 136 valence electrons. The molecule has 0 radical (unpaired) electrons. The van der Waals surface area contributed by atoms with Crippen molar-refractivity contribution in [2.45, 2.75) is 13.1 Å². The summed E-state index contributed by atoms with van der Waals surface area (Å²) in [6, 6.07) is 21.8. The number of nitrogens with zero attached hydrogens (tertiary/aromatic N) is 2. The first kappa shape index (κ1) is 17.3. The highest BCUT2D eigenvalue weighted by molar-refractivity contribution is 7.80. The fraction of sp³-hybridized carbons (Fsp3) is 0.143. The Bertz CT molecular complexity index is 919. The van der Waals surface area contributed by atoms with E-state index < -0.39 is 0 Å². The first-order valence-corrected chi connectivity index (χ1v) is 9.08. The van der Waals surface area contributed by atoms with Gasteiger partial charge < -0.3 is 19.7 Å². The Morgan fingerprint density at radius 1 is 0.963 bits per heavy atom. The number of hydrogen-bond acceptors (Lipinski definition) is 4. The lowest BCUT2D eigenvalue weighted by molar-refractivity contribution is 0.174. The van der Waals surface area contributed by atoms with Crippen LogP contribution >= 0.6 is 12.2 Å². The summed E-state index contributed by atoms with van der Waals surface area (Å²) in [6.45, 7) is 1.50. The molecule has 3 aromatic rings. The molecule has 0 unspecified atom stereocenters. The van der Waals surface area contributed by atoms with Gasteiger partial charge in [0, 0.05) is 18.4 Å². The maximum absolute atomic E-state index is 5.69. The van der Waals surface area contributed by atoms with Crippen molar-refractivity contribution < 1.29 is 9.47 Å². The van der Waals surface area contributed by atoms with Crippen molar-refractivity contribution in [3.8, 4) is 11.5 Å². The van der Waals surface area contributed by atoms with E-state index in [0.717, 1.165) is 28.4 Å². The van der Waals surface area contributed by atoms with Crippen molar-refractivity contribution in [1.82, 2.24) is 9.88 Å². The van der Waals surface area contributed by atoms with E-state index in [1.165, 1.54) is 0 Å². The largest absolute Gasteiger partial charge is 0.454 e. The van der Waals surface area contributed by atoms with E-state index in [-0.39, 0.29) is 6.79 Å². The van der Waals surface area contributed by atoms with E-state index in [1.54, 1.807) is 6.20 Å². The van der Waals surface area contributed by atoms with Gasteiger partial charge in [-0.3, -0.25) is 4.98 Å². The van der Waals surface area contributed by atoms with Gasteiger partial charge in [0.05, 0.1) is 12.2 Å². The van der Waals surface area contributed by atoms with Crippen LogP contribution in [0.15, 0.2) is 72.9 Å². The number of hydrogen-bond donors (Lipinski definition) is 1. The highest BCUT2D eigenvalue weighted by Crippen LogP contribution is 2.33. The molecule has 5 nitrogen and oxygen atoms in total. The highest BCUT2D eigenvalue weighted by atomic mass is 32.1. The lowest BCUT2D eigenvalue weighted by atomic mass is 10.2. The average Bonchev–Trinajstić information content (AvgIpc) is 3.17. The van der Waals surface area contributed by atoms with Crippen LogP contribution in [0.25, 0.3) is 0 Å². The summed E-state index contributed by atoms with van der Waals surface area (Å²) >= 11 is 5.69. The van der Waals surface area contributed by atoms with Gasteiger partial charge in [0.1, 0.15) is 0 Å². The normalized spacial score (nSPS) is 11.9. The first-order valence-electron chi connectivity index (χ1n) is 8.67. The molecule has 0 spiro atoms. The van der Waals surface area contributed by atoms with Gasteiger partial charge in [-0.2, -0.15) is 0 Å². The van der Waals surface area contributed by atoms with Crippen molar-refractivity contribution in [1.29, 1.82) is 0 Å². The fourth-order valence-electron chi connectivity index (χ4n) is 2.87. The van der Waals surface area contributed by atoms with Crippen LogP contribution in [-0.2, 0) is 13.1 Å². The Morgan fingerprint density at radius 2 is 1.78 bits per heavy atom.